The Morgan fingerprint density at radius 1 is 1.56 bits per heavy atom. The molecule has 0 saturated heterocycles. The van der Waals surface area contributed by atoms with Gasteiger partial charge in [0, 0.05) is 11.9 Å². The minimum absolute atomic E-state index is 0.110. The Hall–Kier alpha value is -1.16. The molecule has 0 aromatic carbocycles. The van der Waals surface area contributed by atoms with Crippen molar-refractivity contribution in [2.45, 2.75) is 19.9 Å². The van der Waals surface area contributed by atoms with Crippen LogP contribution in [0.5, 0.6) is 0 Å². The van der Waals surface area contributed by atoms with Gasteiger partial charge < -0.3 is 5.32 Å². The molecule has 0 aliphatic heterocycles. The van der Waals surface area contributed by atoms with Crippen LogP contribution in [0.15, 0.2) is 18.3 Å². The molecule has 0 bridgehead atoms. The molecule has 0 radical (unpaired) electrons. The van der Waals surface area contributed by atoms with E-state index in [9.17, 15) is 9.18 Å². The van der Waals surface area contributed by atoms with Crippen molar-refractivity contribution >= 4 is 17.5 Å². The van der Waals surface area contributed by atoms with Gasteiger partial charge in [0.05, 0.1) is 6.20 Å². The lowest BCUT2D eigenvalue weighted by Crippen LogP contribution is -2.40. The smallest absolute Gasteiger partial charge is 0.270 e. The first-order valence-electron chi connectivity index (χ1n) is 5.03. The number of carbonyl (C=O) groups excluding carboxylic acids is 1. The molecule has 1 aromatic heterocycles. The highest BCUT2D eigenvalue weighted by Gasteiger charge is 2.16. The standard InChI is InChI=1S/C11H14ClFN2O/c1-7(2)10(5-12)15-11(16)9-4-3-8(13)6-14-9/h3-4,6-7,10H,5H2,1-2H3,(H,15,16). The minimum Gasteiger partial charge on any atom is -0.347 e. The predicted octanol–water partition coefficient (Wildman–Crippen LogP) is 2.21. The van der Waals surface area contributed by atoms with Gasteiger partial charge in [0.15, 0.2) is 0 Å². The molecule has 1 aromatic rings. The van der Waals surface area contributed by atoms with Crippen molar-refractivity contribution in [3.63, 3.8) is 0 Å². The molecule has 1 unspecified atom stereocenters. The van der Waals surface area contributed by atoms with E-state index in [1.807, 2.05) is 13.8 Å². The maximum Gasteiger partial charge on any atom is 0.270 e. The molecular weight excluding hydrogens is 231 g/mol. The third-order valence-corrected chi connectivity index (χ3v) is 2.58. The SMILES string of the molecule is CC(C)C(CCl)NC(=O)c1ccc(F)cn1. The molecular formula is C11H14ClFN2O. The summed E-state index contributed by atoms with van der Waals surface area (Å²) in [6.45, 7) is 3.93. The number of amides is 1. The fraction of sp³-hybridized carbons (Fsp3) is 0.455. The van der Waals surface area contributed by atoms with E-state index in [0.717, 1.165) is 6.20 Å². The number of pyridine rings is 1. The van der Waals surface area contributed by atoms with E-state index in [1.165, 1.54) is 12.1 Å². The Bertz CT molecular complexity index is 354. The molecule has 0 saturated carbocycles. The molecule has 0 spiro atoms. The third-order valence-electron chi connectivity index (χ3n) is 2.25. The first kappa shape index (κ1) is 12.9. The number of hydrogen-bond acceptors (Lipinski definition) is 2. The van der Waals surface area contributed by atoms with E-state index in [0.29, 0.717) is 5.88 Å². The number of alkyl halides is 1. The van der Waals surface area contributed by atoms with Gasteiger partial charge in [-0.15, -0.1) is 11.6 Å². The highest BCUT2D eigenvalue weighted by molar-refractivity contribution is 6.18. The molecule has 0 aliphatic carbocycles. The van der Waals surface area contributed by atoms with Crippen LogP contribution >= 0.6 is 11.6 Å². The quantitative estimate of drug-likeness (QED) is 0.826. The van der Waals surface area contributed by atoms with E-state index in [-0.39, 0.29) is 23.6 Å². The van der Waals surface area contributed by atoms with Gasteiger partial charge in [-0.05, 0) is 18.1 Å². The fourth-order valence-electron chi connectivity index (χ4n) is 1.14. The maximum absolute atomic E-state index is 12.6. The molecule has 1 rings (SSSR count). The normalized spacial score (nSPS) is 12.6. The molecule has 5 heteroatoms. The first-order chi connectivity index (χ1) is 7.54. The molecule has 1 atom stereocenters. The van der Waals surface area contributed by atoms with E-state index < -0.39 is 5.82 Å². The molecule has 88 valence electrons. The van der Waals surface area contributed by atoms with Gasteiger partial charge in [-0.3, -0.25) is 4.79 Å². The summed E-state index contributed by atoms with van der Waals surface area (Å²) >= 11 is 5.72. The van der Waals surface area contributed by atoms with E-state index >= 15 is 0 Å². The van der Waals surface area contributed by atoms with Crippen LogP contribution in [0.2, 0.25) is 0 Å². The Morgan fingerprint density at radius 2 is 2.25 bits per heavy atom. The van der Waals surface area contributed by atoms with Gasteiger partial charge in [0.2, 0.25) is 0 Å². The summed E-state index contributed by atoms with van der Waals surface area (Å²) in [6, 6.07) is 2.43. The lowest BCUT2D eigenvalue weighted by atomic mass is 10.1. The van der Waals surface area contributed by atoms with Crippen molar-refractivity contribution in [2.24, 2.45) is 5.92 Å². The summed E-state index contributed by atoms with van der Waals surface area (Å²) in [6.07, 6.45) is 1.01. The molecule has 0 fully saturated rings. The molecule has 1 amide bonds. The number of halogens is 2. The van der Waals surface area contributed by atoms with Crippen molar-refractivity contribution in [1.82, 2.24) is 10.3 Å². The van der Waals surface area contributed by atoms with Gasteiger partial charge in [-0.1, -0.05) is 13.8 Å². The predicted molar refractivity (Wildman–Crippen MR) is 61.0 cm³/mol. The molecule has 1 N–H and O–H groups in total. The number of carbonyl (C=O) groups is 1. The molecule has 3 nitrogen and oxygen atoms in total. The highest BCUT2D eigenvalue weighted by Crippen LogP contribution is 2.05. The average molecular weight is 245 g/mol. The third kappa shape index (κ3) is 3.45. The van der Waals surface area contributed by atoms with E-state index in [2.05, 4.69) is 10.3 Å². The number of nitrogens with one attached hydrogen (secondary N) is 1. The zero-order valence-corrected chi connectivity index (χ0v) is 9.96. The van der Waals surface area contributed by atoms with E-state index in [1.54, 1.807) is 0 Å². The van der Waals surface area contributed by atoms with E-state index in [4.69, 9.17) is 11.6 Å². The van der Waals surface area contributed by atoms with Crippen LogP contribution < -0.4 is 5.32 Å². The highest BCUT2D eigenvalue weighted by atomic mass is 35.5. The zero-order valence-electron chi connectivity index (χ0n) is 9.21. The average Bonchev–Trinajstić information content (AvgIpc) is 2.26. The van der Waals surface area contributed by atoms with Crippen molar-refractivity contribution in [3.8, 4) is 0 Å². The zero-order chi connectivity index (χ0) is 12.1. The lowest BCUT2D eigenvalue weighted by Gasteiger charge is -2.19. The van der Waals surface area contributed by atoms with Crippen LogP contribution in [0.4, 0.5) is 4.39 Å². The van der Waals surface area contributed by atoms with Crippen LogP contribution in [0.25, 0.3) is 0 Å². The monoisotopic (exact) mass is 244 g/mol. The summed E-state index contributed by atoms with van der Waals surface area (Å²) in [5.41, 5.74) is 0.192. The fourth-order valence-corrected chi connectivity index (χ4v) is 1.57. The topological polar surface area (TPSA) is 42.0 Å². The summed E-state index contributed by atoms with van der Waals surface area (Å²) in [5, 5.41) is 2.75. The number of hydrogen-bond donors (Lipinski definition) is 1. The Kier molecular flexibility index (Phi) is 4.68. The second-order valence-electron chi connectivity index (χ2n) is 3.84. The van der Waals surface area contributed by atoms with Crippen LogP contribution in [0, 0.1) is 11.7 Å². The van der Waals surface area contributed by atoms with Gasteiger partial charge >= 0.3 is 0 Å². The summed E-state index contributed by atoms with van der Waals surface area (Å²) < 4.78 is 12.6. The van der Waals surface area contributed by atoms with Gasteiger partial charge in [0.1, 0.15) is 11.5 Å². The second kappa shape index (κ2) is 5.80. The number of rotatable bonds is 4. The lowest BCUT2D eigenvalue weighted by molar-refractivity contribution is 0.0926. The number of aromatic nitrogens is 1. The van der Waals surface area contributed by atoms with Crippen LogP contribution in [0.3, 0.4) is 0 Å². The van der Waals surface area contributed by atoms with Crippen molar-refractivity contribution in [3.05, 3.63) is 29.8 Å². The van der Waals surface area contributed by atoms with Gasteiger partial charge in [-0.2, -0.15) is 0 Å². The van der Waals surface area contributed by atoms with Crippen LogP contribution in [-0.2, 0) is 0 Å². The Balaban J connectivity index is 2.68. The van der Waals surface area contributed by atoms with Crippen molar-refractivity contribution < 1.29 is 9.18 Å². The largest absolute Gasteiger partial charge is 0.347 e. The first-order valence-corrected chi connectivity index (χ1v) is 5.56. The van der Waals surface area contributed by atoms with Crippen molar-refractivity contribution in [1.29, 1.82) is 0 Å². The Morgan fingerprint density at radius 3 is 2.69 bits per heavy atom. The van der Waals surface area contributed by atoms with Crippen LogP contribution in [-0.4, -0.2) is 22.8 Å². The molecule has 16 heavy (non-hydrogen) atoms. The van der Waals surface area contributed by atoms with Gasteiger partial charge in [-0.25, -0.2) is 9.37 Å². The van der Waals surface area contributed by atoms with Crippen LogP contribution in [0.1, 0.15) is 24.3 Å². The van der Waals surface area contributed by atoms with Crippen molar-refractivity contribution in [2.75, 3.05) is 5.88 Å². The number of nitrogens with zero attached hydrogens (tertiary/aromatic N) is 1. The second-order valence-corrected chi connectivity index (χ2v) is 4.15. The molecule has 0 aliphatic rings. The summed E-state index contributed by atoms with van der Waals surface area (Å²) in [7, 11) is 0. The Labute approximate surface area is 99.0 Å². The minimum atomic E-state index is -0.464. The summed E-state index contributed by atoms with van der Waals surface area (Å²) in [5.74, 6) is -0.222. The summed E-state index contributed by atoms with van der Waals surface area (Å²) in [4.78, 5) is 15.4. The van der Waals surface area contributed by atoms with Gasteiger partial charge in [0.25, 0.3) is 5.91 Å². The maximum atomic E-state index is 12.6. The molecule has 1 heterocycles.